The van der Waals surface area contributed by atoms with Crippen LogP contribution in [0.3, 0.4) is 0 Å². The molecule has 0 radical (unpaired) electrons. The second-order valence-corrected chi connectivity index (χ2v) is 7.48. The summed E-state index contributed by atoms with van der Waals surface area (Å²) in [5.41, 5.74) is 6.70. The van der Waals surface area contributed by atoms with Crippen molar-refractivity contribution in [1.82, 2.24) is 16.0 Å². The van der Waals surface area contributed by atoms with Crippen molar-refractivity contribution in [1.29, 1.82) is 0 Å². The summed E-state index contributed by atoms with van der Waals surface area (Å²) >= 11 is 3.96. The van der Waals surface area contributed by atoms with Crippen LogP contribution in [0.25, 0.3) is 0 Å². The summed E-state index contributed by atoms with van der Waals surface area (Å²) in [5, 5.41) is 33.7. The Morgan fingerprint density at radius 1 is 0.879 bits per heavy atom. The van der Waals surface area contributed by atoms with E-state index in [2.05, 4.69) is 23.3 Å². The zero-order valence-electron chi connectivity index (χ0n) is 17.6. The molecule has 0 aliphatic heterocycles. The highest BCUT2D eigenvalue weighted by Gasteiger charge is 2.29. The third-order valence-corrected chi connectivity index (χ3v) is 4.89. The van der Waals surface area contributed by atoms with Gasteiger partial charge in [-0.15, -0.1) is 0 Å². The molecule has 8 N–H and O–H groups in total. The molecular formula is C20H28N4O8S. The lowest BCUT2D eigenvalue weighted by atomic mass is 10.0. The first-order valence-electron chi connectivity index (χ1n) is 9.96. The molecule has 1 rings (SSSR count). The van der Waals surface area contributed by atoms with E-state index in [4.69, 9.17) is 21.1 Å². The van der Waals surface area contributed by atoms with E-state index >= 15 is 0 Å². The van der Waals surface area contributed by atoms with Gasteiger partial charge in [-0.25, -0.2) is 4.79 Å². The van der Waals surface area contributed by atoms with Gasteiger partial charge >= 0.3 is 11.9 Å². The van der Waals surface area contributed by atoms with E-state index < -0.39 is 66.9 Å². The van der Waals surface area contributed by atoms with Crippen molar-refractivity contribution in [2.75, 3.05) is 12.4 Å². The Bertz CT molecular complexity index is 839. The Morgan fingerprint density at radius 2 is 1.42 bits per heavy atom. The van der Waals surface area contributed by atoms with Gasteiger partial charge in [-0.3, -0.25) is 19.2 Å². The van der Waals surface area contributed by atoms with E-state index in [0.29, 0.717) is 0 Å². The number of benzene rings is 1. The van der Waals surface area contributed by atoms with Crippen molar-refractivity contribution in [3.63, 3.8) is 0 Å². The number of rotatable bonds is 14. The molecule has 0 bridgehead atoms. The first-order valence-corrected chi connectivity index (χ1v) is 10.6. The van der Waals surface area contributed by atoms with Crippen molar-refractivity contribution in [2.45, 2.75) is 43.4 Å². The Kier molecular flexibility index (Phi) is 11.9. The number of aliphatic hydroxyl groups is 1. The minimum Gasteiger partial charge on any atom is -0.481 e. The minimum atomic E-state index is -1.59. The average Bonchev–Trinajstić information content (AvgIpc) is 2.78. The molecule has 3 amide bonds. The molecule has 0 spiro atoms. The summed E-state index contributed by atoms with van der Waals surface area (Å²) < 4.78 is 0. The lowest BCUT2D eigenvalue weighted by Crippen LogP contribution is -2.58. The van der Waals surface area contributed by atoms with E-state index in [9.17, 15) is 24.0 Å². The molecule has 0 aromatic heterocycles. The maximum absolute atomic E-state index is 12.7. The normalized spacial score (nSPS) is 14.3. The lowest BCUT2D eigenvalue weighted by molar-refractivity contribution is -0.143. The van der Waals surface area contributed by atoms with Crippen LogP contribution < -0.4 is 21.7 Å². The SMILES string of the molecule is NC(Cc1ccccc1)C(=O)NC(CCC(=O)O)C(=O)NC(CS)C(=O)NC(CO)C(=O)O. The van der Waals surface area contributed by atoms with Gasteiger partial charge in [-0.05, 0) is 18.4 Å². The van der Waals surface area contributed by atoms with Gasteiger partial charge in [0.1, 0.15) is 18.1 Å². The Hall–Kier alpha value is -3.16. The maximum atomic E-state index is 12.7. The number of thiol groups is 1. The van der Waals surface area contributed by atoms with Gasteiger partial charge < -0.3 is 37.0 Å². The van der Waals surface area contributed by atoms with E-state index in [1.807, 2.05) is 5.32 Å². The van der Waals surface area contributed by atoms with Crippen LogP contribution in [0, 0.1) is 0 Å². The highest BCUT2D eigenvalue weighted by Crippen LogP contribution is 2.05. The van der Waals surface area contributed by atoms with Crippen molar-refractivity contribution in [3.8, 4) is 0 Å². The number of nitrogens with two attached hydrogens (primary N) is 1. The summed E-state index contributed by atoms with van der Waals surface area (Å²) in [4.78, 5) is 59.4. The Morgan fingerprint density at radius 3 is 1.94 bits per heavy atom. The maximum Gasteiger partial charge on any atom is 0.328 e. The van der Waals surface area contributed by atoms with Crippen molar-refractivity contribution < 1.29 is 39.3 Å². The van der Waals surface area contributed by atoms with Crippen LogP contribution in [0.15, 0.2) is 30.3 Å². The van der Waals surface area contributed by atoms with Crippen LogP contribution in [0.5, 0.6) is 0 Å². The zero-order chi connectivity index (χ0) is 25.0. The molecule has 1 aromatic carbocycles. The summed E-state index contributed by atoms with van der Waals surface area (Å²) in [6.07, 6.45) is -0.546. The van der Waals surface area contributed by atoms with Crippen molar-refractivity contribution >= 4 is 42.3 Å². The second kappa shape index (κ2) is 14.1. The predicted molar refractivity (Wildman–Crippen MR) is 119 cm³/mol. The van der Waals surface area contributed by atoms with Crippen LogP contribution in [-0.4, -0.2) is 81.5 Å². The fourth-order valence-corrected chi connectivity index (χ4v) is 2.96. The number of nitrogens with one attached hydrogen (secondary N) is 3. The predicted octanol–water partition coefficient (Wildman–Crippen LogP) is -2.12. The number of carbonyl (C=O) groups excluding carboxylic acids is 3. The first-order chi connectivity index (χ1) is 15.6. The summed E-state index contributed by atoms with van der Waals surface area (Å²) in [5.74, 6) is -5.41. The van der Waals surface area contributed by atoms with Crippen LogP contribution in [-0.2, 0) is 30.4 Å². The fraction of sp³-hybridized carbons (Fsp3) is 0.450. The number of carboxylic acid groups (broad SMARTS) is 2. The monoisotopic (exact) mass is 484 g/mol. The molecule has 4 unspecified atom stereocenters. The van der Waals surface area contributed by atoms with E-state index in [0.717, 1.165) is 5.56 Å². The smallest absolute Gasteiger partial charge is 0.328 e. The highest BCUT2D eigenvalue weighted by molar-refractivity contribution is 7.80. The van der Waals surface area contributed by atoms with Crippen molar-refractivity contribution in [3.05, 3.63) is 35.9 Å². The molecule has 0 saturated heterocycles. The third-order valence-electron chi connectivity index (χ3n) is 4.53. The van der Waals surface area contributed by atoms with Crippen molar-refractivity contribution in [2.24, 2.45) is 5.73 Å². The third kappa shape index (κ3) is 9.89. The molecule has 13 heteroatoms. The van der Waals surface area contributed by atoms with Crippen LogP contribution in [0.2, 0.25) is 0 Å². The van der Waals surface area contributed by atoms with Gasteiger partial charge in [0, 0.05) is 12.2 Å². The molecule has 182 valence electrons. The lowest BCUT2D eigenvalue weighted by Gasteiger charge is -2.24. The number of amides is 3. The summed E-state index contributed by atoms with van der Waals surface area (Å²) in [6, 6.07) is 3.66. The molecule has 4 atom stereocenters. The highest BCUT2D eigenvalue weighted by atomic mass is 32.1. The molecule has 0 fully saturated rings. The van der Waals surface area contributed by atoms with Crippen LogP contribution >= 0.6 is 12.6 Å². The number of aliphatic hydroxyl groups excluding tert-OH is 1. The number of hydrogen-bond donors (Lipinski definition) is 8. The van der Waals surface area contributed by atoms with E-state index in [1.165, 1.54) is 0 Å². The molecule has 33 heavy (non-hydrogen) atoms. The van der Waals surface area contributed by atoms with Crippen LogP contribution in [0.1, 0.15) is 18.4 Å². The fourth-order valence-electron chi connectivity index (χ4n) is 2.70. The molecular weight excluding hydrogens is 456 g/mol. The van der Waals surface area contributed by atoms with Gasteiger partial charge in [0.2, 0.25) is 17.7 Å². The van der Waals surface area contributed by atoms with Gasteiger partial charge in [0.25, 0.3) is 0 Å². The second-order valence-electron chi connectivity index (χ2n) is 7.12. The molecule has 0 heterocycles. The Balaban J connectivity index is 2.85. The number of carboxylic acids is 2. The molecule has 0 aliphatic rings. The zero-order valence-corrected chi connectivity index (χ0v) is 18.5. The average molecular weight is 485 g/mol. The quantitative estimate of drug-likeness (QED) is 0.136. The van der Waals surface area contributed by atoms with Crippen LogP contribution in [0.4, 0.5) is 0 Å². The van der Waals surface area contributed by atoms with E-state index in [-0.39, 0.29) is 18.6 Å². The number of hydrogen-bond acceptors (Lipinski definition) is 8. The topological polar surface area (TPSA) is 208 Å². The summed E-state index contributed by atoms with van der Waals surface area (Å²) in [7, 11) is 0. The molecule has 12 nitrogen and oxygen atoms in total. The molecule has 0 saturated carbocycles. The van der Waals surface area contributed by atoms with E-state index in [1.54, 1.807) is 30.3 Å². The minimum absolute atomic E-state index is 0.180. The Labute approximate surface area is 195 Å². The van der Waals surface area contributed by atoms with Gasteiger partial charge in [-0.2, -0.15) is 12.6 Å². The molecule has 0 aliphatic carbocycles. The van der Waals surface area contributed by atoms with Gasteiger partial charge in [0.15, 0.2) is 0 Å². The van der Waals surface area contributed by atoms with Gasteiger partial charge in [0.05, 0.1) is 12.6 Å². The largest absolute Gasteiger partial charge is 0.481 e. The summed E-state index contributed by atoms with van der Waals surface area (Å²) in [6.45, 7) is -0.870. The number of aliphatic carboxylic acids is 2. The standard InChI is InChI=1S/C20H28N4O8S/c21-12(8-11-4-2-1-3-5-11)17(28)22-13(6-7-16(26)27)18(29)24-15(10-33)19(30)23-14(9-25)20(31)32/h1-5,12-15,25,33H,6-10,21H2,(H,22,28)(H,23,30)(H,24,29)(H,26,27)(H,31,32). The van der Waals surface area contributed by atoms with Gasteiger partial charge in [-0.1, -0.05) is 30.3 Å². The molecule has 1 aromatic rings. The first kappa shape index (κ1) is 27.9. The number of carbonyl (C=O) groups is 5.